The molecule has 7 nitrogen and oxygen atoms in total. The molecule has 0 atom stereocenters. The smallest absolute Gasteiger partial charge is 0.254 e. The van der Waals surface area contributed by atoms with Crippen molar-refractivity contribution in [2.75, 3.05) is 12.4 Å². The van der Waals surface area contributed by atoms with E-state index in [0.717, 1.165) is 48.0 Å². The molecule has 2 fully saturated rings. The Hall–Kier alpha value is -3.35. The number of amides is 1. The van der Waals surface area contributed by atoms with Crippen molar-refractivity contribution in [1.82, 2.24) is 9.97 Å². The zero-order valence-electron chi connectivity index (χ0n) is 16.8. The highest BCUT2D eigenvalue weighted by Crippen LogP contribution is 2.57. The minimum absolute atomic E-state index is 0.0853. The Bertz CT molecular complexity index is 1100. The number of nitrogens with zero attached hydrogens (tertiary/aromatic N) is 2. The van der Waals surface area contributed by atoms with E-state index in [0.29, 0.717) is 22.9 Å². The number of pyridine rings is 2. The van der Waals surface area contributed by atoms with E-state index >= 15 is 0 Å². The Balaban J connectivity index is 1.19. The lowest BCUT2D eigenvalue weighted by Crippen LogP contribution is -2.56. The van der Waals surface area contributed by atoms with Crippen molar-refractivity contribution in [3.63, 3.8) is 0 Å². The summed E-state index contributed by atoms with van der Waals surface area (Å²) in [7, 11) is 1.67. The highest BCUT2D eigenvalue weighted by molar-refractivity contribution is 5.95. The number of carbonyl (C=O) groups is 1. The van der Waals surface area contributed by atoms with Gasteiger partial charge in [-0.2, -0.15) is 0 Å². The minimum atomic E-state index is -0.514. The Morgan fingerprint density at radius 2 is 1.97 bits per heavy atom. The van der Waals surface area contributed by atoms with Gasteiger partial charge in [0.05, 0.1) is 7.11 Å². The van der Waals surface area contributed by atoms with E-state index in [1.165, 1.54) is 0 Å². The van der Waals surface area contributed by atoms with Gasteiger partial charge < -0.3 is 20.5 Å². The molecule has 1 aromatic carbocycles. The number of benzene rings is 1. The molecule has 0 aliphatic heterocycles. The first-order chi connectivity index (χ1) is 14.5. The number of hydrogen-bond donors (Lipinski definition) is 2. The first-order valence-electron chi connectivity index (χ1n) is 10.2. The van der Waals surface area contributed by atoms with Gasteiger partial charge in [0.1, 0.15) is 23.2 Å². The van der Waals surface area contributed by atoms with Gasteiger partial charge >= 0.3 is 0 Å². The van der Waals surface area contributed by atoms with Crippen LogP contribution in [0.1, 0.15) is 36.0 Å². The van der Waals surface area contributed by atoms with Gasteiger partial charge in [0.25, 0.3) is 5.91 Å². The Morgan fingerprint density at radius 3 is 2.73 bits per heavy atom. The highest BCUT2D eigenvalue weighted by Gasteiger charge is 2.54. The average Bonchev–Trinajstić information content (AvgIpc) is 2.70. The monoisotopic (exact) mass is 404 g/mol. The van der Waals surface area contributed by atoms with Crippen LogP contribution in [0.4, 0.5) is 5.82 Å². The van der Waals surface area contributed by atoms with E-state index in [1.54, 1.807) is 25.4 Å². The maximum atomic E-state index is 11.5. The molecule has 7 heteroatoms. The molecule has 2 aliphatic rings. The Kier molecular flexibility index (Phi) is 4.46. The third-order valence-electron chi connectivity index (χ3n) is 6.31. The van der Waals surface area contributed by atoms with Crippen molar-refractivity contribution in [1.29, 1.82) is 0 Å². The molecule has 3 aromatic rings. The second-order valence-corrected chi connectivity index (χ2v) is 8.36. The third kappa shape index (κ3) is 3.30. The quantitative estimate of drug-likeness (QED) is 0.652. The lowest BCUT2D eigenvalue weighted by Gasteiger charge is -2.57. The normalized spacial score (nSPS) is 24.7. The van der Waals surface area contributed by atoms with Gasteiger partial charge in [-0.1, -0.05) is 0 Å². The number of carbonyl (C=O) groups excluding carboxylic acids is 1. The Labute approximate surface area is 174 Å². The van der Waals surface area contributed by atoms with Crippen molar-refractivity contribution in [2.45, 2.75) is 37.8 Å². The van der Waals surface area contributed by atoms with Crippen LogP contribution in [0.2, 0.25) is 0 Å². The third-order valence-corrected chi connectivity index (χ3v) is 6.31. The highest BCUT2D eigenvalue weighted by atomic mass is 16.5. The molecule has 5 rings (SSSR count). The summed E-state index contributed by atoms with van der Waals surface area (Å²) in [6, 6.07) is 11.8. The van der Waals surface area contributed by atoms with E-state index in [4.69, 9.17) is 15.2 Å². The molecule has 0 bridgehead atoms. The van der Waals surface area contributed by atoms with Crippen LogP contribution in [0.25, 0.3) is 10.8 Å². The van der Waals surface area contributed by atoms with Crippen LogP contribution < -0.4 is 20.5 Å². The zero-order valence-corrected chi connectivity index (χ0v) is 16.8. The molecule has 30 heavy (non-hydrogen) atoms. The van der Waals surface area contributed by atoms with Crippen molar-refractivity contribution in [3.8, 4) is 11.6 Å². The van der Waals surface area contributed by atoms with Crippen molar-refractivity contribution in [2.24, 2.45) is 11.1 Å². The van der Waals surface area contributed by atoms with Gasteiger partial charge in [0, 0.05) is 23.8 Å². The predicted molar refractivity (Wildman–Crippen MR) is 114 cm³/mol. The summed E-state index contributed by atoms with van der Waals surface area (Å²) in [6.07, 6.45) is 7.65. The van der Waals surface area contributed by atoms with E-state index in [1.807, 2.05) is 30.5 Å². The maximum Gasteiger partial charge on any atom is 0.254 e. The summed E-state index contributed by atoms with van der Waals surface area (Å²) in [4.78, 5) is 20.2. The molecule has 0 radical (unpaired) electrons. The van der Waals surface area contributed by atoms with Gasteiger partial charge in [-0.05, 0) is 72.9 Å². The van der Waals surface area contributed by atoms with Crippen molar-refractivity contribution < 1.29 is 14.3 Å². The predicted octanol–water partition coefficient (Wildman–Crippen LogP) is 3.54. The van der Waals surface area contributed by atoms with Gasteiger partial charge in [-0.3, -0.25) is 4.79 Å². The molecule has 2 aliphatic carbocycles. The first kappa shape index (κ1) is 18.7. The summed E-state index contributed by atoms with van der Waals surface area (Å²) < 4.78 is 11.3. The summed E-state index contributed by atoms with van der Waals surface area (Å²) >= 11 is 0. The summed E-state index contributed by atoms with van der Waals surface area (Å²) in [5, 5.41) is 5.81. The molecular weight excluding hydrogens is 380 g/mol. The number of aromatic nitrogens is 2. The zero-order chi connectivity index (χ0) is 20.7. The number of ether oxygens (including phenoxy) is 2. The molecule has 2 heterocycles. The van der Waals surface area contributed by atoms with E-state index < -0.39 is 5.91 Å². The lowest BCUT2D eigenvalue weighted by molar-refractivity contribution is -0.0759. The topological polar surface area (TPSA) is 99.4 Å². The number of methoxy groups -OCH3 is 1. The molecule has 0 saturated heterocycles. The molecule has 1 amide bonds. The number of nitrogens with one attached hydrogen (secondary N) is 1. The van der Waals surface area contributed by atoms with Crippen LogP contribution in [0.15, 0.2) is 48.8 Å². The summed E-state index contributed by atoms with van der Waals surface area (Å²) in [5.74, 6) is 1.59. The van der Waals surface area contributed by atoms with Crippen LogP contribution in [0.5, 0.6) is 11.6 Å². The fraction of sp³-hybridized carbons (Fsp3) is 0.348. The van der Waals surface area contributed by atoms with Crippen molar-refractivity contribution in [3.05, 3.63) is 54.4 Å². The summed E-state index contributed by atoms with van der Waals surface area (Å²) in [5.41, 5.74) is 6.06. The molecule has 2 aromatic heterocycles. The SMILES string of the molecule is COc1ccc2c(NC3CC4(C3)CC(Oc3ncccc3C(N)=O)C4)nccc2c1. The van der Waals surface area contributed by atoms with E-state index in [9.17, 15) is 4.79 Å². The van der Waals surface area contributed by atoms with E-state index in [-0.39, 0.29) is 6.10 Å². The summed E-state index contributed by atoms with van der Waals surface area (Å²) in [6.45, 7) is 0. The fourth-order valence-electron chi connectivity index (χ4n) is 4.83. The fourth-order valence-corrected chi connectivity index (χ4v) is 4.83. The van der Waals surface area contributed by atoms with Gasteiger partial charge in [-0.25, -0.2) is 9.97 Å². The van der Waals surface area contributed by atoms with Gasteiger partial charge in [-0.15, -0.1) is 0 Å². The van der Waals surface area contributed by atoms with Crippen molar-refractivity contribution >= 4 is 22.5 Å². The van der Waals surface area contributed by atoms with Crippen LogP contribution >= 0.6 is 0 Å². The number of fused-ring (bicyclic) bond motifs is 1. The minimum Gasteiger partial charge on any atom is -0.497 e. The maximum absolute atomic E-state index is 11.5. The van der Waals surface area contributed by atoms with Crippen LogP contribution in [0.3, 0.4) is 0 Å². The standard InChI is InChI=1S/C23H24N4O3/c1-29-16-4-5-18-14(9-16)6-8-25-21(18)27-15-10-23(11-15)12-17(13-23)30-22-19(20(24)28)3-2-7-26-22/h2-9,15,17H,10-13H2,1H3,(H2,24,28)(H,25,27). The molecule has 3 N–H and O–H groups in total. The van der Waals surface area contributed by atoms with Gasteiger partial charge in [0.2, 0.25) is 5.88 Å². The molecule has 154 valence electrons. The lowest BCUT2D eigenvalue weighted by atomic mass is 9.53. The largest absolute Gasteiger partial charge is 0.497 e. The van der Waals surface area contributed by atoms with E-state index in [2.05, 4.69) is 15.3 Å². The Morgan fingerprint density at radius 1 is 1.13 bits per heavy atom. The van der Waals surface area contributed by atoms with Crippen LogP contribution in [-0.4, -0.2) is 35.1 Å². The number of hydrogen-bond acceptors (Lipinski definition) is 6. The second kappa shape index (κ2) is 7.16. The molecule has 0 unspecified atom stereocenters. The number of nitrogens with two attached hydrogens (primary N) is 1. The van der Waals surface area contributed by atoms with Crippen LogP contribution in [0, 0.1) is 5.41 Å². The molecule has 2 saturated carbocycles. The number of primary amides is 1. The average molecular weight is 404 g/mol. The first-order valence-corrected chi connectivity index (χ1v) is 10.2. The number of anilines is 1. The second-order valence-electron chi connectivity index (χ2n) is 8.36. The molecular formula is C23H24N4O3. The van der Waals surface area contributed by atoms with Crippen LogP contribution in [-0.2, 0) is 0 Å². The molecule has 1 spiro atoms. The number of rotatable bonds is 6. The van der Waals surface area contributed by atoms with Gasteiger partial charge in [0.15, 0.2) is 0 Å².